The minimum absolute atomic E-state index is 0.0370. The molecule has 0 aliphatic rings. The molecule has 0 saturated carbocycles. The normalized spacial score (nSPS) is 11.2. The van der Waals surface area contributed by atoms with E-state index in [9.17, 15) is 18.0 Å². The van der Waals surface area contributed by atoms with Crippen LogP contribution in [0.2, 0.25) is 0 Å². The number of pyridine rings is 1. The molecule has 0 radical (unpaired) electrons. The van der Waals surface area contributed by atoms with Gasteiger partial charge in [-0.15, -0.1) is 11.3 Å². The van der Waals surface area contributed by atoms with E-state index in [0.717, 1.165) is 59.0 Å². The second-order valence-corrected chi connectivity index (χ2v) is 8.63. The van der Waals surface area contributed by atoms with E-state index < -0.39 is 28.9 Å². The number of amides is 1. The molecule has 0 saturated heterocycles. The van der Waals surface area contributed by atoms with E-state index in [1.807, 2.05) is 6.07 Å². The summed E-state index contributed by atoms with van der Waals surface area (Å²) in [4.78, 5) is 20.1. The number of nitrogens with one attached hydrogen (secondary N) is 1. The average molecular weight is 486 g/mol. The fourth-order valence-electron chi connectivity index (χ4n) is 3.48. The first-order valence-electron chi connectivity index (χ1n) is 10.7. The third-order valence-corrected chi connectivity index (χ3v) is 6.42. The minimum Gasteiger partial charge on any atom is -0.453 e. The number of carbonyl (C=O) groups excluding carboxylic acids is 1. The minimum atomic E-state index is -1.01. The quantitative estimate of drug-likeness (QED) is 0.306. The highest BCUT2D eigenvalue weighted by molar-refractivity contribution is 7.19. The van der Waals surface area contributed by atoms with Crippen molar-refractivity contribution in [3.63, 3.8) is 0 Å². The standard InChI is InChI=1S/C25H22F3N3O2S/c1-3-31(4-2)14-16-13-20-24(34-16)22(10-11-29-20)33-21-9-8-15(12-19(21)28)30-25(32)23-17(26)6-5-7-18(23)27/h5-13H,3-4,14H2,1-2H3,(H,30,32). The fourth-order valence-corrected chi connectivity index (χ4v) is 4.58. The lowest BCUT2D eigenvalue weighted by Crippen LogP contribution is -2.21. The molecule has 34 heavy (non-hydrogen) atoms. The van der Waals surface area contributed by atoms with Crippen LogP contribution in [-0.4, -0.2) is 28.9 Å². The van der Waals surface area contributed by atoms with Gasteiger partial charge in [-0.2, -0.15) is 0 Å². The lowest BCUT2D eigenvalue weighted by atomic mass is 10.1. The Labute approximate surface area is 198 Å². The second-order valence-electron chi connectivity index (χ2n) is 7.50. The van der Waals surface area contributed by atoms with E-state index in [0.29, 0.717) is 5.75 Å². The number of ether oxygens (including phenoxy) is 1. The van der Waals surface area contributed by atoms with Crippen LogP contribution in [0.4, 0.5) is 18.9 Å². The summed E-state index contributed by atoms with van der Waals surface area (Å²) in [6.45, 7) is 6.85. The molecule has 2 aromatic heterocycles. The topological polar surface area (TPSA) is 54.5 Å². The maximum absolute atomic E-state index is 14.8. The Balaban J connectivity index is 1.54. The van der Waals surface area contributed by atoms with Gasteiger partial charge in [-0.3, -0.25) is 14.7 Å². The highest BCUT2D eigenvalue weighted by Crippen LogP contribution is 2.36. The molecule has 5 nitrogen and oxygen atoms in total. The predicted octanol–water partition coefficient (Wildman–Crippen LogP) is 6.60. The van der Waals surface area contributed by atoms with Crippen LogP contribution in [0.5, 0.6) is 11.5 Å². The van der Waals surface area contributed by atoms with Gasteiger partial charge in [-0.05, 0) is 43.4 Å². The number of rotatable bonds is 8. The number of nitrogens with zero attached hydrogens (tertiary/aromatic N) is 2. The fraction of sp³-hybridized carbons (Fsp3) is 0.200. The number of fused-ring (bicyclic) bond motifs is 1. The molecular weight excluding hydrogens is 463 g/mol. The summed E-state index contributed by atoms with van der Waals surface area (Å²) in [5.74, 6) is -3.35. The zero-order valence-electron chi connectivity index (χ0n) is 18.6. The van der Waals surface area contributed by atoms with Crippen LogP contribution < -0.4 is 10.1 Å². The molecule has 0 bridgehead atoms. The molecule has 0 fully saturated rings. The van der Waals surface area contributed by atoms with Crippen molar-refractivity contribution in [3.05, 3.63) is 82.6 Å². The number of hydrogen-bond acceptors (Lipinski definition) is 5. The summed E-state index contributed by atoms with van der Waals surface area (Å²) in [6.07, 6.45) is 1.60. The van der Waals surface area contributed by atoms with Gasteiger partial charge in [-0.1, -0.05) is 19.9 Å². The van der Waals surface area contributed by atoms with Gasteiger partial charge in [0, 0.05) is 35.4 Å². The largest absolute Gasteiger partial charge is 0.453 e. The van der Waals surface area contributed by atoms with Crippen molar-refractivity contribution in [2.75, 3.05) is 18.4 Å². The number of carbonyl (C=O) groups is 1. The van der Waals surface area contributed by atoms with Crippen molar-refractivity contribution in [1.82, 2.24) is 9.88 Å². The molecule has 2 heterocycles. The second kappa shape index (κ2) is 10.2. The molecule has 4 aromatic rings. The molecule has 1 N–H and O–H groups in total. The molecule has 0 atom stereocenters. The van der Waals surface area contributed by atoms with Crippen LogP contribution in [0.1, 0.15) is 29.1 Å². The van der Waals surface area contributed by atoms with E-state index >= 15 is 0 Å². The number of hydrogen-bond donors (Lipinski definition) is 1. The Morgan fingerprint density at radius 3 is 2.41 bits per heavy atom. The lowest BCUT2D eigenvalue weighted by molar-refractivity contribution is 0.101. The maximum atomic E-state index is 14.8. The van der Waals surface area contributed by atoms with Crippen molar-refractivity contribution in [3.8, 4) is 11.5 Å². The molecule has 176 valence electrons. The molecule has 0 unspecified atom stereocenters. The van der Waals surface area contributed by atoms with Gasteiger partial charge >= 0.3 is 0 Å². The molecular formula is C25H22F3N3O2S. The van der Waals surface area contributed by atoms with E-state index in [1.54, 1.807) is 23.6 Å². The van der Waals surface area contributed by atoms with E-state index in [-0.39, 0.29) is 11.4 Å². The average Bonchev–Trinajstić information content (AvgIpc) is 3.22. The number of aromatic nitrogens is 1. The van der Waals surface area contributed by atoms with E-state index in [1.165, 1.54) is 12.1 Å². The van der Waals surface area contributed by atoms with Crippen molar-refractivity contribution >= 4 is 33.1 Å². The van der Waals surface area contributed by atoms with Gasteiger partial charge in [0.05, 0.1) is 10.2 Å². The first-order valence-corrected chi connectivity index (χ1v) is 11.5. The van der Waals surface area contributed by atoms with Gasteiger partial charge in [-0.25, -0.2) is 13.2 Å². The summed E-state index contributed by atoms with van der Waals surface area (Å²) >= 11 is 1.54. The summed E-state index contributed by atoms with van der Waals surface area (Å²) in [6, 6.07) is 10.5. The SMILES string of the molecule is CCN(CC)Cc1cc2nccc(Oc3ccc(NC(=O)c4c(F)cccc4F)cc3F)c2s1. The zero-order chi connectivity index (χ0) is 24.2. The number of halogens is 3. The van der Waals surface area contributed by atoms with Crippen molar-refractivity contribution < 1.29 is 22.7 Å². The Kier molecular flexibility index (Phi) is 7.14. The maximum Gasteiger partial charge on any atom is 0.261 e. The number of anilines is 1. The Morgan fingerprint density at radius 1 is 1.00 bits per heavy atom. The molecule has 2 aromatic carbocycles. The van der Waals surface area contributed by atoms with E-state index in [2.05, 4.69) is 29.0 Å². The highest BCUT2D eigenvalue weighted by atomic mass is 32.1. The van der Waals surface area contributed by atoms with Gasteiger partial charge in [0.25, 0.3) is 5.91 Å². The molecule has 0 spiro atoms. The molecule has 1 amide bonds. The molecule has 9 heteroatoms. The smallest absolute Gasteiger partial charge is 0.261 e. The Bertz CT molecular complexity index is 1320. The first-order chi connectivity index (χ1) is 16.4. The van der Waals surface area contributed by atoms with Gasteiger partial charge in [0.1, 0.15) is 22.9 Å². The van der Waals surface area contributed by atoms with Crippen molar-refractivity contribution in [2.45, 2.75) is 20.4 Å². The van der Waals surface area contributed by atoms with Crippen LogP contribution in [0.3, 0.4) is 0 Å². The van der Waals surface area contributed by atoms with Crippen LogP contribution in [0.15, 0.2) is 54.7 Å². The molecule has 0 aliphatic carbocycles. The summed E-state index contributed by atoms with van der Waals surface area (Å²) in [5.41, 5.74) is 0.0662. The zero-order valence-corrected chi connectivity index (χ0v) is 19.4. The highest BCUT2D eigenvalue weighted by Gasteiger charge is 2.18. The van der Waals surface area contributed by atoms with Crippen molar-refractivity contribution in [2.24, 2.45) is 0 Å². The third kappa shape index (κ3) is 5.05. The van der Waals surface area contributed by atoms with Crippen LogP contribution in [0, 0.1) is 17.5 Å². The third-order valence-electron chi connectivity index (χ3n) is 5.30. The first kappa shape index (κ1) is 23.7. The van der Waals surface area contributed by atoms with Gasteiger partial charge in [0.2, 0.25) is 0 Å². The molecule has 4 rings (SSSR count). The summed E-state index contributed by atoms with van der Waals surface area (Å²) in [5, 5.41) is 2.31. The molecule has 0 aliphatic heterocycles. The van der Waals surface area contributed by atoms with Gasteiger partial charge in [0.15, 0.2) is 11.6 Å². The van der Waals surface area contributed by atoms with Crippen LogP contribution in [0.25, 0.3) is 10.2 Å². The number of thiophene rings is 1. The van der Waals surface area contributed by atoms with Crippen LogP contribution >= 0.6 is 11.3 Å². The van der Waals surface area contributed by atoms with Crippen LogP contribution in [-0.2, 0) is 6.54 Å². The Hall–Kier alpha value is -3.43. The number of benzene rings is 2. The van der Waals surface area contributed by atoms with Crippen molar-refractivity contribution in [1.29, 1.82) is 0 Å². The van der Waals surface area contributed by atoms with Gasteiger partial charge < -0.3 is 10.1 Å². The summed E-state index contributed by atoms with van der Waals surface area (Å²) in [7, 11) is 0. The lowest BCUT2D eigenvalue weighted by Gasteiger charge is -2.16. The summed E-state index contributed by atoms with van der Waals surface area (Å²) < 4.78 is 49.1. The van der Waals surface area contributed by atoms with E-state index in [4.69, 9.17) is 4.74 Å². The predicted molar refractivity (Wildman–Crippen MR) is 127 cm³/mol. The monoisotopic (exact) mass is 485 g/mol. The Morgan fingerprint density at radius 2 is 1.74 bits per heavy atom.